The van der Waals surface area contributed by atoms with Crippen LogP contribution in [0, 0.1) is 0 Å². The molecule has 1 heterocycles. The van der Waals surface area contributed by atoms with Crippen LogP contribution in [-0.2, 0) is 4.79 Å². The number of rotatable bonds is 4. The van der Waals surface area contributed by atoms with Crippen molar-refractivity contribution < 1.29 is 4.79 Å². The van der Waals surface area contributed by atoms with Crippen LogP contribution in [0.4, 0.5) is 0 Å². The molecule has 1 aliphatic rings. The Morgan fingerprint density at radius 1 is 1.50 bits per heavy atom. The van der Waals surface area contributed by atoms with Crippen LogP contribution in [0.2, 0.25) is 5.02 Å². The lowest BCUT2D eigenvalue weighted by atomic mass is 10.0. The Morgan fingerprint density at radius 3 is 2.95 bits per heavy atom. The SMILES string of the molecule is CC(Sc1ccccc1Cl)C(=O)N1CCCCC1CN. The first-order valence-electron chi connectivity index (χ1n) is 7.05. The first-order chi connectivity index (χ1) is 9.63. The van der Waals surface area contributed by atoms with Crippen molar-refractivity contribution in [1.82, 2.24) is 4.90 Å². The van der Waals surface area contributed by atoms with Crippen molar-refractivity contribution in [3.63, 3.8) is 0 Å². The summed E-state index contributed by atoms with van der Waals surface area (Å²) in [6.45, 7) is 3.32. The van der Waals surface area contributed by atoms with Gasteiger partial charge in [-0.1, -0.05) is 23.7 Å². The van der Waals surface area contributed by atoms with E-state index in [2.05, 4.69) is 0 Å². The van der Waals surface area contributed by atoms with Gasteiger partial charge in [-0.2, -0.15) is 0 Å². The molecule has 0 bridgehead atoms. The fourth-order valence-electron chi connectivity index (χ4n) is 2.55. The Balaban J connectivity index is 2.03. The molecule has 2 N–H and O–H groups in total. The molecule has 0 radical (unpaired) electrons. The summed E-state index contributed by atoms with van der Waals surface area (Å²) in [5, 5.41) is 0.563. The molecule has 1 aromatic carbocycles. The summed E-state index contributed by atoms with van der Waals surface area (Å²) in [4.78, 5) is 15.5. The van der Waals surface area contributed by atoms with Crippen molar-refractivity contribution in [2.45, 2.75) is 42.4 Å². The molecule has 0 aromatic heterocycles. The summed E-state index contributed by atoms with van der Waals surface area (Å²) in [5.74, 6) is 0.171. The number of benzene rings is 1. The molecule has 1 aromatic rings. The van der Waals surface area contributed by atoms with Crippen molar-refractivity contribution in [2.75, 3.05) is 13.1 Å². The van der Waals surface area contributed by atoms with E-state index < -0.39 is 0 Å². The van der Waals surface area contributed by atoms with Gasteiger partial charge in [-0.15, -0.1) is 11.8 Å². The Hall–Kier alpha value is -0.710. The van der Waals surface area contributed by atoms with E-state index in [1.54, 1.807) is 0 Å². The zero-order valence-corrected chi connectivity index (χ0v) is 13.3. The minimum atomic E-state index is -0.137. The van der Waals surface area contributed by atoms with E-state index in [0.717, 1.165) is 30.7 Å². The Kier molecular flexibility index (Phi) is 5.75. The number of thioether (sulfide) groups is 1. The van der Waals surface area contributed by atoms with Crippen molar-refractivity contribution >= 4 is 29.3 Å². The van der Waals surface area contributed by atoms with E-state index in [9.17, 15) is 4.79 Å². The highest BCUT2D eigenvalue weighted by atomic mass is 35.5. The molecule has 1 aliphatic heterocycles. The van der Waals surface area contributed by atoms with E-state index in [4.69, 9.17) is 17.3 Å². The van der Waals surface area contributed by atoms with Gasteiger partial charge in [-0.05, 0) is 38.3 Å². The van der Waals surface area contributed by atoms with Gasteiger partial charge >= 0.3 is 0 Å². The largest absolute Gasteiger partial charge is 0.337 e. The van der Waals surface area contributed by atoms with Gasteiger partial charge in [0.1, 0.15) is 0 Å². The number of carbonyl (C=O) groups excluding carboxylic acids is 1. The number of hydrogen-bond donors (Lipinski definition) is 1. The summed E-state index contributed by atoms with van der Waals surface area (Å²) in [6, 6.07) is 7.84. The Morgan fingerprint density at radius 2 is 2.25 bits per heavy atom. The van der Waals surface area contributed by atoms with Gasteiger partial charge in [0.25, 0.3) is 0 Å². The maximum atomic E-state index is 12.6. The average molecular weight is 313 g/mol. The third-order valence-electron chi connectivity index (χ3n) is 3.67. The smallest absolute Gasteiger partial charge is 0.236 e. The van der Waals surface area contributed by atoms with E-state index in [-0.39, 0.29) is 17.2 Å². The van der Waals surface area contributed by atoms with Crippen LogP contribution in [0.25, 0.3) is 0 Å². The molecule has 0 aliphatic carbocycles. The zero-order valence-electron chi connectivity index (χ0n) is 11.7. The zero-order chi connectivity index (χ0) is 14.5. The van der Waals surface area contributed by atoms with Crippen LogP contribution >= 0.6 is 23.4 Å². The minimum absolute atomic E-state index is 0.137. The predicted molar refractivity (Wildman–Crippen MR) is 85.2 cm³/mol. The van der Waals surface area contributed by atoms with Gasteiger partial charge in [0.15, 0.2) is 0 Å². The molecule has 3 nitrogen and oxygen atoms in total. The lowest BCUT2D eigenvalue weighted by Gasteiger charge is -2.36. The van der Waals surface area contributed by atoms with Crippen molar-refractivity contribution in [2.24, 2.45) is 5.73 Å². The maximum absolute atomic E-state index is 12.6. The molecule has 2 atom stereocenters. The van der Waals surface area contributed by atoms with E-state index >= 15 is 0 Å². The van der Waals surface area contributed by atoms with Gasteiger partial charge in [-0.3, -0.25) is 4.79 Å². The van der Waals surface area contributed by atoms with Gasteiger partial charge in [-0.25, -0.2) is 0 Å². The first-order valence-corrected chi connectivity index (χ1v) is 8.31. The van der Waals surface area contributed by atoms with Gasteiger partial charge < -0.3 is 10.6 Å². The highest BCUT2D eigenvalue weighted by Crippen LogP contribution is 2.31. The third kappa shape index (κ3) is 3.68. The molecule has 1 amide bonds. The van der Waals surface area contributed by atoms with Crippen LogP contribution < -0.4 is 5.73 Å². The van der Waals surface area contributed by atoms with Crippen LogP contribution in [0.15, 0.2) is 29.2 Å². The molecule has 110 valence electrons. The summed E-state index contributed by atoms with van der Waals surface area (Å²) in [7, 11) is 0. The summed E-state index contributed by atoms with van der Waals surface area (Å²) >= 11 is 7.67. The Bertz CT molecular complexity index is 469. The average Bonchev–Trinajstić information content (AvgIpc) is 2.48. The molecule has 1 fully saturated rings. The highest BCUT2D eigenvalue weighted by Gasteiger charge is 2.29. The molecular formula is C15H21ClN2OS. The summed E-state index contributed by atoms with van der Waals surface area (Å²) in [5.41, 5.74) is 5.79. The maximum Gasteiger partial charge on any atom is 0.236 e. The van der Waals surface area contributed by atoms with Crippen LogP contribution in [0.3, 0.4) is 0 Å². The van der Waals surface area contributed by atoms with Gasteiger partial charge in [0.05, 0.1) is 10.3 Å². The van der Waals surface area contributed by atoms with Gasteiger partial charge in [0.2, 0.25) is 5.91 Å². The molecule has 20 heavy (non-hydrogen) atoms. The third-order valence-corrected chi connectivity index (χ3v) is 5.28. The molecule has 2 unspecified atom stereocenters. The number of piperidine rings is 1. The standard InChI is InChI=1S/C15H21ClN2OS/c1-11(20-14-8-3-2-7-13(14)16)15(19)18-9-5-4-6-12(18)10-17/h2-3,7-8,11-12H,4-6,9-10,17H2,1H3. The molecule has 2 rings (SSSR count). The highest BCUT2D eigenvalue weighted by molar-refractivity contribution is 8.00. The number of carbonyl (C=O) groups is 1. The second-order valence-electron chi connectivity index (χ2n) is 5.11. The van der Waals surface area contributed by atoms with E-state index in [0.29, 0.717) is 11.6 Å². The number of likely N-dealkylation sites (tertiary alicyclic amines) is 1. The molecule has 1 saturated heterocycles. The Labute approximate surface area is 129 Å². The lowest BCUT2D eigenvalue weighted by Crippen LogP contribution is -2.49. The van der Waals surface area contributed by atoms with Crippen molar-refractivity contribution in [1.29, 1.82) is 0 Å². The van der Waals surface area contributed by atoms with Crippen LogP contribution in [0.5, 0.6) is 0 Å². The number of nitrogens with two attached hydrogens (primary N) is 1. The van der Waals surface area contributed by atoms with Crippen LogP contribution in [0.1, 0.15) is 26.2 Å². The van der Waals surface area contributed by atoms with Crippen molar-refractivity contribution in [3.05, 3.63) is 29.3 Å². The van der Waals surface area contributed by atoms with E-state index in [1.165, 1.54) is 11.8 Å². The van der Waals surface area contributed by atoms with E-state index in [1.807, 2.05) is 36.1 Å². The predicted octanol–water partition coefficient (Wildman–Crippen LogP) is 3.16. The molecule has 0 spiro atoms. The first kappa shape index (κ1) is 15.7. The number of nitrogens with zero attached hydrogens (tertiary/aromatic N) is 1. The summed E-state index contributed by atoms with van der Waals surface area (Å²) in [6.07, 6.45) is 3.26. The number of hydrogen-bond acceptors (Lipinski definition) is 3. The monoisotopic (exact) mass is 312 g/mol. The van der Waals surface area contributed by atoms with Crippen LogP contribution in [-0.4, -0.2) is 35.2 Å². The normalized spacial score (nSPS) is 20.8. The fourth-order valence-corrected chi connectivity index (χ4v) is 3.77. The minimum Gasteiger partial charge on any atom is -0.337 e. The fraction of sp³-hybridized carbons (Fsp3) is 0.533. The topological polar surface area (TPSA) is 46.3 Å². The second kappa shape index (κ2) is 7.34. The summed E-state index contributed by atoms with van der Waals surface area (Å²) < 4.78 is 0. The van der Waals surface area contributed by atoms with Crippen molar-refractivity contribution in [3.8, 4) is 0 Å². The molecule has 0 saturated carbocycles. The molecule has 5 heteroatoms. The second-order valence-corrected chi connectivity index (χ2v) is 6.90. The lowest BCUT2D eigenvalue weighted by molar-refractivity contribution is -0.133. The quantitative estimate of drug-likeness (QED) is 0.869. The number of halogens is 1. The molecular weight excluding hydrogens is 292 g/mol. The number of amides is 1. The van der Waals surface area contributed by atoms with Gasteiger partial charge in [0, 0.05) is 24.0 Å².